The van der Waals surface area contributed by atoms with Crippen molar-refractivity contribution >= 4 is 23.2 Å². The van der Waals surface area contributed by atoms with Crippen molar-refractivity contribution in [3.05, 3.63) is 106 Å². The molecule has 4 aromatic rings. The third-order valence-electron chi connectivity index (χ3n) is 5.67. The van der Waals surface area contributed by atoms with Crippen LogP contribution in [0.1, 0.15) is 23.6 Å². The molecule has 0 aliphatic carbocycles. The van der Waals surface area contributed by atoms with E-state index in [1.165, 1.54) is 17.0 Å². The molecular weight excluding hydrogens is 434 g/mol. The number of aromatic nitrogens is 2. The molecule has 3 aromatic carbocycles. The zero-order valence-corrected chi connectivity index (χ0v) is 18.7. The molecule has 7 nitrogen and oxygen atoms in total. The Hall–Kier alpha value is -3.91. The molecule has 5 rings (SSSR count). The molecular formula is C25H21N5O2S. The first kappa shape index (κ1) is 21.0. The third-order valence-corrected chi connectivity index (χ3v) is 6.41. The summed E-state index contributed by atoms with van der Waals surface area (Å²) in [5, 5.41) is 20.4. The van der Waals surface area contributed by atoms with Gasteiger partial charge in [0.05, 0.1) is 28.1 Å². The summed E-state index contributed by atoms with van der Waals surface area (Å²) in [4.78, 5) is 11.8. The Balaban J connectivity index is 1.48. The molecule has 0 spiro atoms. The van der Waals surface area contributed by atoms with E-state index in [0.717, 1.165) is 33.8 Å². The van der Waals surface area contributed by atoms with Gasteiger partial charge in [0.1, 0.15) is 0 Å². The molecule has 1 aromatic heterocycles. The Bertz CT molecular complexity index is 1320. The second kappa shape index (κ2) is 8.91. The summed E-state index contributed by atoms with van der Waals surface area (Å²) in [5.41, 5.74) is 9.05. The van der Waals surface area contributed by atoms with Crippen LogP contribution in [0.25, 0.3) is 16.9 Å². The lowest BCUT2D eigenvalue weighted by molar-refractivity contribution is -0.384. The molecule has 0 saturated heterocycles. The molecule has 1 unspecified atom stereocenters. The van der Waals surface area contributed by atoms with Crippen LogP contribution in [0.15, 0.2) is 95.1 Å². The van der Waals surface area contributed by atoms with Gasteiger partial charge in [-0.3, -0.25) is 10.1 Å². The number of nitrogens with zero attached hydrogens (tertiary/aromatic N) is 4. The number of hydrazone groups is 1. The summed E-state index contributed by atoms with van der Waals surface area (Å²) in [6.07, 6.45) is 4.78. The van der Waals surface area contributed by atoms with E-state index in [4.69, 9.17) is 5.10 Å². The van der Waals surface area contributed by atoms with Gasteiger partial charge in [0.2, 0.25) is 0 Å². The summed E-state index contributed by atoms with van der Waals surface area (Å²) in [7, 11) is 0. The van der Waals surface area contributed by atoms with Crippen LogP contribution in [0, 0.1) is 10.1 Å². The van der Waals surface area contributed by atoms with E-state index in [1.807, 2.05) is 35.0 Å². The SMILES string of the molecule is CSc1ccc(-c2nn(-c3ccccc3)cc2C2CC(c3ccc([N+](=O)[O-])cc3)=NN2)cc1. The molecule has 1 aliphatic heterocycles. The number of nitro groups is 1. The quantitative estimate of drug-likeness (QED) is 0.232. The lowest BCUT2D eigenvalue weighted by Gasteiger charge is -2.10. The highest BCUT2D eigenvalue weighted by Gasteiger charge is 2.27. The summed E-state index contributed by atoms with van der Waals surface area (Å²) in [5.74, 6) is 0. The molecule has 1 aliphatic rings. The molecule has 1 atom stereocenters. The number of benzene rings is 3. The highest BCUT2D eigenvalue weighted by atomic mass is 32.2. The summed E-state index contributed by atoms with van der Waals surface area (Å²) in [6.45, 7) is 0. The van der Waals surface area contributed by atoms with Crippen molar-refractivity contribution < 1.29 is 4.92 Å². The minimum Gasteiger partial charge on any atom is -0.302 e. The van der Waals surface area contributed by atoms with Crippen molar-refractivity contribution in [2.24, 2.45) is 5.10 Å². The van der Waals surface area contributed by atoms with Crippen LogP contribution in [0.4, 0.5) is 5.69 Å². The molecule has 0 fully saturated rings. The molecule has 0 amide bonds. The number of non-ortho nitro benzene ring substituents is 1. The van der Waals surface area contributed by atoms with Crippen LogP contribution < -0.4 is 5.43 Å². The van der Waals surface area contributed by atoms with Gasteiger partial charge in [0.15, 0.2) is 0 Å². The fourth-order valence-electron chi connectivity index (χ4n) is 3.91. The van der Waals surface area contributed by atoms with Crippen LogP contribution in [0.5, 0.6) is 0 Å². The number of rotatable bonds is 6. The van der Waals surface area contributed by atoms with Gasteiger partial charge in [-0.2, -0.15) is 10.2 Å². The van der Waals surface area contributed by atoms with E-state index in [-0.39, 0.29) is 11.7 Å². The number of para-hydroxylation sites is 1. The highest BCUT2D eigenvalue weighted by molar-refractivity contribution is 7.98. The van der Waals surface area contributed by atoms with Gasteiger partial charge in [-0.1, -0.05) is 30.3 Å². The van der Waals surface area contributed by atoms with Gasteiger partial charge >= 0.3 is 0 Å². The van der Waals surface area contributed by atoms with E-state index in [9.17, 15) is 10.1 Å². The average molecular weight is 456 g/mol. The van der Waals surface area contributed by atoms with Gasteiger partial charge in [-0.25, -0.2) is 4.68 Å². The predicted octanol–water partition coefficient (Wildman–Crippen LogP) is 5.61. The molecule has 33 heavy (non-hydrogen) atoms. The summed E-state index contributed by atoms with van der Waals surface area (Å²) < 4.78 is 1.90. The van der Waals surface area contributed by atoms with E-state index < -0.39 is 4.92 Å². The first-order valence-corrected chi connectivity index (χ1v) is 11.7. The number of hydrogen-bond donors (Lipinski definition) is 1. The van der Waals surface area contributed by atoms with Crippen molar-refractivity contribution in [1.29, 1.82) is 0 Å². The minimum atomic E-state index is -0.395. The smallest absolute Gasteiger partial charge is 0.269 e. The number of nitro benzene ring substituents is 1. The number of nitrogens with one attached hydrogen (secondary N) is 1. The van der Waals surface area contributed by atoms with E-state index >= 15 is 0 Å². The van der Waals surface area contributed by atoms with Crippen LogP contribution in [0.2, 0.25) is 0 Å². The maximum Gasteiger partial charge on any atom is 0.269 e. The van der Waals surface area contributed by atoms with E-state index in [0.29, 0.717) is 6.42 Å². The predicted molar refractivity (Wildman–Crippen MR) is 131 cm³/mol. The third kappa shape index (κ3) is 4.25. The van der Waals surface area contributed by atoms with Crippen molar-refractivity contribution in [1.82, 2.24) is 15.2 Å². The molecule has 0 saturated carbocycles. The van der Waals surface area contributed by atoms with Gasteiger partial charge < -0.3 is 5.43 Å². The topological polar surface area (TPSA) is 85.3 Å². The second-order valence-corrected chi connectivity index (χ2v) is 8.57. The van der Waals surface area contributed by atoms with Crippen LogP contribution in [-0.2, 0) is 0 Å². The van der Waals surface area contributed by atoms with Gasteiger partial charge in [-0.15, -0.1) is 11.8 Å². The maximum absolute atomic E-state index is 11.0. The molecule has 1 N–H and O–H groups in total. The van der Waals surface area contributed by atoms with Crippen LogP contribution in [0.3, 0.4) is 0 Å². The van der Waals surface area contributed by atoms with Crippen molar-refractivity contribution in [3.63, 3.8) is 0 Å². The minimum absolute atomic E-state index is 0.0529. The van der Waals surface area contributed by atoms with Crippen molar-refractivity contribution in [3.8, 4) is 16.9 Å². The number of thioether (sulfide) groups is 1. The van der Waals surface area contributed by atoms with Crippen molar-refractivity contribution in [2.45, 2.75) is 17.4 Å². The summed E-state index contributed by atoms with van der Waals surface area (Å²) in [6, 6.07) is 24.9. The van der Waals surface area contributed by atoms with E-state index in [2.05, 4.69) is 47.2 Å². The first-order valence-electron chi connectivity index (χ1n) is 10.5. The van der Waals surface area contributed by atoms with Gasteiger partial charge in [-0.05, 0) is 48.2 Å². The standard InChI is InChI=1S/C25H21N5O2S/c1-33-21-13-9-18(10-14-21)25-22(16-29(28-25)19-5-3-2-4-6-19)24-15-23(26-27-24)17-7-11-20(12-8-17)30(31)32/h2-14,16,24,27H,15H2,1H3. The van der Waals surface area contributed by atoms with E-state index in [1.54, 1.807) is 23.9 Å². The van der Waals surface area contributed by atoms with Crippen LogP contribution in [-0.4, -0.2) is 26.7 Å². The second-order valence-electron chi connectivity index (χ2n) is 7.69. The fraction of sp³-hybridized carbons (Fsp3) is 0.120. The lowest BCUT2D eigenvalue weighted by Crippen LogP contribution is -2.10. The van der Waals surface area contributed by atoms with Crippen molar-refractivity contribution in [2.75, 3.05) is 6.26 Å². The lowest BCUT2D eigenvalue weighted by atomic mass is 9.97. The zero-order valence-electron chi connectivity index (χ0n) is 17.9. The number of hydrogen-bond acceptors (Lipinski definition) is 6. The molecule has 164 valence electrons. The monoisotopic (exact) mass is 455 g/mol. The Morgan fingerprint density at radius 1 is 1.00 bits per heavy atom. The molecule has 0 radical (unpaired) electrons. The Morgan fingerprint density at radius 2 is 1.70 bits per heavy atom. The molecule has 0 bridgehead atoms. The summed E-state index contributed by atoms with van der Waals surface area (Å²) >= 11 is 1.71. The Kier molecular flexibility index (Phi) is 5.66. The molecule has 2 heterocycles. The first-order chi connectivity index (χ1) is 16.1. The van der Waals surface area contributed by atoms with Gasteiger partial charge in [0.25, 0.3) is 5.69 Å². The fourth-order valence-corrected chi connectivity index (χ4v) is 4.31. The maximum atomic E-state index is 11.0. The largest absolute Gasteiger partial charge is 0.302 e. The molecule has 8 heteroatoms. The van der Waals surface area contributed by atoms with Crippen LogP contribution >= 0.6 is 11.8 Å². The van der Waals surface area contributed by atoms with Gasteiger partial charge in [0, 0.05) is 40.8 Å². The normalized spacial score (nSPS) is 15.2. The Labute approximate surface area is 195 Å². The Morgan fingerprint density at radius 3 is 2.36 bits per heavy atom. The zero-order chi connectivity index (χ0) is 22.8. The average Bonchev–Trinajstić information content (AvgIpc) is 3.52. The highest BCUT2D eigenvalue weighted by Crippen LogP contribution is 2.34.